The van der Waals surface area contributed by atoms with Crippen LogP contribution < -0.4 is 16.4 Å². The molecular formula is C8H16ClN3O2. The van der Waals surface area contributed by atoms with E-state index in [9.17, 15) is 4.79 Å². The van der Waals surface area contributed by atoms with Crippen LogP contribution in [0.15, 0.2) is 0 Å². The molecule has 1 aliphatic heterocycles. The van der Waals surface area contributed by atoms with Crippen LogP contribution in [-0.4, -0.2) is 43.8 Å². The van der Waals surface area contributed by atoms with Crippen molar-refractivity contribution < 1.29 is 9.53 Å². The van der Waals surface area contributed by atoms with Crippen LogP contribution in [0.25, 0.3) is 0 Å². The molecule has 2 rings (SSSR count). The summed E-state index contributed by atoms with van der Waals surface area (Å²) in [7, 11) is 0. The van der Waals surface area contributed by atoms with Crippen LogP contribution in [0.3, 0.4) is 0 Å². The number of ether oxygens (including phenoxy) is 1. The van der Waals surface area contributed by atoms with Crippen molar-refractivity contribution in [3.8, 4) is 0 Å². The SMILES string of the molecule is Cl.NC1CC1NC(=O)[C@@H]1CNCCO1. The first kappa shape index (κ1) is 11.7. The summed E-state index contributed by atoms with van der Waals surface area (Å²) in [5.74, 6) is -0.0369. The van der Waals surface area contributed by atoms with Crippen molar-refractivity contribution in [1.82, 2.24) is 10.6 Å². The lowest BCUT2D eigenvalue weighted by Gasteiger charge is -2.22. The van der Waals surface area contributed by atoms with E-state index >= 15 is 0 Å². The van der Waals surface area contributed by atoms with Gasteiger partial charge in [-0.05, 0) is 6.42 Å². The lowest BCUT2D eigenvalue weighted by atomic mass is 10.3. The molecule has 14 heavy (non-hydrogen) atoms. The molecule has 1 aliphatic carbocycles. The predicted molar refractivity (Wildman–Crippen MR) is 54.4 cm³/mol. The van der Waals surface area contributed by atoms with Crippen molar-refractivity contribution in [2.24, 2.45) is 5.73 Å². The Morgan fingerprint density at radius 3 is 2.79 bits per heavy atom. The molecule has 3 atom stereocenters. The van der Waals surface area contributed by atoms with Gasteiger partial charge in [0.15, 0.2) is 0 Å². The van der Waals surface area contributed by atoms with E-state index in [2.05, 4.69) is 10.6 Å². The maximum Gasteiger partial charge on any atom is 0.250 e. The van der Waals surface area contributed by atoms with Crippen LogP contribution in [0.4, 0.5) is 0 Å². The normalized spacial score (nSPS) is 35.6. The molecule has 82 valence electrons. The van der Waals surface area contributed by atoms with E-state index < -0.39 is 0 Å². The van der Waals surface area contributed by atoms with Gasteiger partial charge in [0.05, 0.1) is 6.61 Å². The second-order valence-corrected chi connectivity index (χ2v) is 3.58. The molecule has 1 saturated carbocycles. The molecule has 2 fully saturated rings. The zero-order valence-electron chi connectivity index (χ0n) is 7.86. The molecule has 0 spiro atoms. The topological polar surface area (TPSA) is 76.4 Å². The van der Waals surface area contributed by atoms with Gasteiger partial charge in [0.2, 0.25) is 0 Å². The molecule has 0 aromatic rings. The minimum atomic E-state index is -0.332. The molecule has 6 heteroatoms. The van der Waals surface area contributed by atoms with E-state index in [0.29, 0.717) is 13.2 Å². The van der Waals surface area contributed by atoms with Crippen LogP contribution in [0.1, 0.15) is 6.42 Å². The number of morpholine rings is 1. The maximum atomic E-state index is 11.5. The number of carbonyl (C=O) groups is 1. The highest BCUT2D eigenvalue weighted by Crippen LogP contribution is 2.17. The summed E-state index contributed by atoms with van der Waals surface area (Å²) in [4.78, 5) is 11.5. The summed E-state index contributed by atoms with van der Waals surface area (Å²) in [5.41, 5.74) is 5.57. The molecule has 1 heterocycles. The van der Waals surface area contributed by atoms with Crippen LogP contribution in [0, 0.1) is 0 Å². The van der Waals surface area contributed by atoms with Gasteiger partial charge in [-0.25, -0.2) is 0 Å². The fourth-order valence-electron chi connectivity index (χ4n) is 1.39. The summed E-state index contributed by atoms with van der Waals surface area (Å²) in [6.07, 6.45) is 0.563. The molecule has 1 amide bonds. The van der Waals surface area contributed by atoms with Crippen molar-refractivity contribution in [1.29, 1.82) is 0 Å². The Labute approximate surface area is 89.1 Å². The zero-order valence-corrected chi connectivity index (χ0v) is 8.68. The smallest absolute Gasteiger partial charge is 0.250 e. The Morgan fingerprint density at radius 1 is 1.57 bits per heavy atom. The molecule has 4 N–H and O–H groups in total. The van der Waals surface area contributed by atoms with Crippen molar-refractivity contribution in [2.45, 2.75) is 24.6 Å². The molecule has 0 aromatic carbocycles. The average molecular weight is 222 g/mol. The first-order valence-electron chi connectivity index (χ1n) is 4.65. The third-order valence-electron chi connectivity index (χ3n) is 2.39. The zero-order chi connectivity index (χ0) is 9.26. The number of rotatable bonds is 2. The maximum absolute atomic E-state index is 11.5. The first-order chi connectivity index (χ1) is 6.27. The summed E-state index contributed by atoms with van der Waals surface area (Å²) >= 11 is 0. The van der Waals surface area contributed by atoms with Crippen LogP contribution >= 0.6 is 12.4 Å². The van der Waals surface area contributed by atoms with Gasteiger partial charge < -0.3 is 21.1 Å². The standard InChI is InChI=1S/C8H15N3O2.ClH/c9-5-3-6(5)11-8(12)7-4-10-1-2-13-7;/h5-7,10H,1-4,9H2,(H,11,12);1H/t5?,6?,7-;/m0./s1. The summed E-state index contributed by atoms with van der Waals surface area (Å²) in [5, 5.41) is 5.95. The Kier molecular flexibility index (Phi) is 4.12. The number of carbonyl (C=O) groups excluding carboxylic acids is 1. The number of halogens is 1. The van der Waals surface area contributed by atoms with E-state index in [1.54, 1.807) is 0 Å². The number of hydrogen-bond donors (Lipinski definition) is 3. The molecule has 0 aromatic heterocycles. The quantitative estimate of drug-likeness (QED) is 0.537. The first-order valence-corrected chi connectivity index (χ1v) is 4.65. The van der Waals surface area contributed by atoms with Gasteiger partial charge in [-0.1, -0.05) is 0 Å². The third kappa shape index (κ3) is 2.81. The van der Waals surface area contributed by atoms with Crippen LogP contribution in [0.5, 0.6) is 0 Å². The van der Waals surface area contributed by atoms with Crippen molar-refractivity contribution in [3.63, 3.8) is 0 Å². The summed E-state index contributed by atoms with van der Waals surface area (Å²) in [6.45, 7) is 2.04. The van der Waals surface area contributed by atoms with E-state index in [4.69, 9.17) is 10.5 Å². The Bertz CT molecular complexity index is 209. The minimum Gasteiger partial charge on any atom is -0.366 e. The number of amides is 1. The minimum absolute atomic E-state index is 0. The van der Waals surface area contributed by atoms with Gasteiger partial charge in [-0.2, -0.15) is 0 Å². The van der Waals surface area contributed by atoms with E-state index in [1.807, 2.05) is 0 Å². The second kappa shape index (κ2) is 4.93. The van der Waals surface area contributed by atoms with E-state index in [-0.39, 0.29) is 36.5 Å². The average Bonchev–Trinajstić information content (AvgIpc) is 2.83. The van der Waals surface area contributed by atoms with Crippen molar-refractivity contribution in [3.05, 3.63) is 0 Å². The largest absolute Gasteiger partial charge is 0.366 e. The number of nitrogens with one attached hydrogen (secondary N) is 2. The van der Waals surface area contributed by atoms with E-state index in [0.717, 1.165) is 13.0 Å². The van der Waals surface area contributed by atoms with Gasteiger partial charge in [0.1, 0.15) is 6.10 Å². The van der Waals surface area contributed by atoms with Crippen molar-refractivity contribution in [2.75, 3.05) is 19.7 Å². The predicted octanol–water partition coefficient (Wildman–Crippen LogP) is -1.39. The molecule has 0 radical (unpaired) electrons. The fraction of sp³-hybridized carbons (Fsp3) is 0.875. The van der Waals surface area contributed by atoms with Gasteiger partial charge in [0.25, 0.3) is 5.91 Å². The highest BCUT2D eigenvalue weighted by Gasteiger charge is 2.36. The summed E-state index contributed by atoms with van der Waals surface area (Å²) < 4.78 is 5.29. The monoisotopic (exact) mass is 221 g/mol. The number of hydrogen-bond acceptors (Lipinski definition) is 4. The lowest BCUT2D eigenvalue weighted by molar-refractivity contribution is -0.134. The molecular weight excluding hydrogens is 206 g/mol. The van der Waals surface area contributed by atoms with Gasteiger partial charge in [0, 0.05) is 25.2 Å². The molecule has 5 nitrogen and oxygen atoms in total. The van der Waals surface area contributed by atoms with E-state index in [1.165, 1.54) is 0 Å². The summed E-state index contributed by atoms with van der Waals surface area (Å²) in [6, 6.07) is 0.332. The Hall–Kier alpha value is -0.360. The highest BCUT2D eigenvalue weighted by atomic mass is 35.5. The van der Waals surface area contributed by atoms with Crippen molar-refractivity contribution >= 4 is 18.3 Å². The third-order valence-corrected chi connectivity index (χ3v) is 2.39. The number of nitrogens with two attached hydrogens (primary N) is 1. The second-order valence-electron chi connectivity index (χ2n) is 3.58. The lowest BCUT2D eigenvalue weighted by Crippen LogP contribution is -2.48. The van der Waals surface area contributed by atoms with Gasteiger partial charge >= 0.3 is 0 Å². The Balaban J connectivity index is 0.000000980. The Morgan fingerprint density at radius 2 is 2.29 bits per heavy atom. The van der Waals surface area contributed by atoms with Crippen LogP contribution in [-0.2, 0) is 9.53 Å². The molecule has 2 aliphatic rings. The molecule has 2 unspecified atom stereocenters. The van der Waals surface area contributed by atoms with Gasteiger partial charge in [-0.3, -0.25) is 4.79 Å². The highest BCUT2D eigenvalue weighted by molar-refractivity contribution is 5.85. The van der Waals surface area contributed by atoms with Crippen LogP contribution in [0.2, 0.25) is 0 Å². The van der Waals surface area contributed by atoms with Gasteiger partial charge in [-0.15, -0.1) is 12.4 Å². The molecule has 0 bridgehead atoms. The fourth-order valence-corrected chi connectivity index (χ4v) is 1.39. The molecule has 1 saturated heterocycles.